The maximum Gasteiger partial charge on any atom is 0.326 e. The van der Waals surface area contributed by atoms with E-state index in [0.717, 1.165) is 0 Å². The predicted octanol–water partition coefficient (Wildman–Crippen LogP) is 0.128. The number of carboxylic acid groups (broad SMARTS) is 1. The topological polar surface area (TPSA) is 95.5 Å². The summed E-state index contributed by atoms with van der Waals surface area (Å²) in [4.78, 5) is 33.1. The molecule has 0 saturated heterocycles. The SMILES string of the molecule is CCC(=O)NCC(=O)N[C@@H](CC(C)C)C(=O)O. The van der Waals surface area contributed by atoms with E-state index in [1.807, 2.05) is 13.8 Å². The van der Waals surface area contributed by atoms with Crippen LogP contribution in [0.4, 0.5) is 0 Å². The number of hydrogen-bond acceptors (Lipinski definition) is 3. The van der Waals surface area contributed by atoms with Crippen molar-refractivity contribution < 1.29 is 19.5 Å². The summed E-state index contributed by atoms with van der Waals surface area (Å²) in [5, 5.41) is 13.7. The van der Waals surface area contributed by atoms with Crippen LogP contribution < -0.4 is 10.6 Å². The molecule has 2 amide bonds. The zero-order valence-corrected chi connectivity index (χ0v) is 10.4. The van der Waals surface area contributed by atoms with Crippen molar-refractivity contribution in [3.8, 4) is 0 Å². The molecule has 0 heterocycles. The second-order valence-corrected chi connectivity index (χ2v) is 4.22. The van der Waals surface area contributed by atoms with E-state index in [1.165, 1.54) is 0 Å². The van der Waals surface area contributed by atoms with Gasteiger partial charge >= 0.3 is 5.97 Å². The summed E-state index contributed by atoms with van der Waals surface area (Å²) < 4.78 is 0. The largest absolute Gasteiger partial charge is 0.480 e. The Morgan fingerprint density at radius 1 is 1.18 bits per heavy atom. The minimum Gasteiger partial charge on any atom is -0.480 e. The molecule has 0 radical (unpaired) electrons. The normalized spacial score (nSPS) is 12.0. The van der Waals surface area contributed by atoms with Crippen molar-refractivity contribution >= 4 is 17.8 Å². The van der Waals surface area contributed by atoms with Crippen LogP contribution in [-0.2, 0) is 14.4 Å². The van der Waals surface area contributed by atoms with Crippen LogP contribution in [0, 0.1) is 5.92 Å². The Labute approximate surface area is 101 Å². The van der Waals surface area contributed by atoms with E-state index in [0.29, 0.717) is 12.8 Å². The summed E-state index contributed by atoms with van der Waals surface area (Å²) in [5.41, 5.74) is 0. The Morgan fingerprint density at radius 2 is 1.76 bits per heavy atom. The Hall–Kier alpha value is -1.59. The van der Waals surface area contributed by atoms with Gasteiger partial charge in [0.05, 0.1) is 6.54 Å². The minimum absolute atomic E-state index is 0.168. The van der Waals surface area contributed by atoms with E-state index in [1.54, 1.807) is 6.92 Å². The molecule has 3 N–H and O–H groups in total. The molecule has 0 aromatic carbocycles. The van der Waals surface area contributed by atoms with Gasteiger partial charge < -0.3 is 15.7 Å². The van der Waals surface area contributed by atoms with Gasteiger partial charge in [0.2, 0.25) is 11.8 Å². The Kier molecular flexibility index (Phi) is 6.93. The van der Waals surface area contributed by atoms with Crippen LogP contribution in [-0.4, -0.2) is 35.5 Å². The lowest BCUT2D eigenvalue weighted by atomic mass is 10.0. The Morgan fingerprint density at radius 3 is 2.18 bits per heavy atom. The third-order valence-electron chi connectivity index (χ3n) is 2.11. The molecule has 6 nitrogen and oxygen atoms in total. The van der Waals surface area contributed by atoms with E-state index in [9.17, 15) is 14.4 Å². The number of carbonyl (C=O) groups excluding carboxylic acids is 2. The van der Waals surface area contributed by atoms with E-state index in [4.69, 9.17) is 5.11 Å². The van der Waals surface area contributed by atoms with Crippen LogP contribution in [0.15, 0.2) is 0 Å². The molecule has 98 valence electrons. The Bertz CT molecular complexity index is 289. The van der Waals surface area contributed by atoms with Crippen molar-refractivity contribution in [2.45, 2.75) is 39.7 Å². The molecular formula is C11H20N2O4. The third kappa shape index (κ3) is 7.32. The van der Waals surface area contributed by atoms with Gasteiger partial charge in [-0.2, -0.15) is 0 Å². The summed E-state index contributed by atoms with van der Waals surface area (Å²) in [5.74, 6) is -1.62. The molecule has 6 heteroatoms. The van der Waals surface area contributed by atoms with Crippen LogP contribution in [0.2, 0.25) is 0 Å². The van der Waals surface area contributed by atoms with Crippen molar-refractivity contribution in [2.75, 3.05) is 6.54 Å². The van der Waals surface area contributed by atoms with E-state index in [2.05, 4.69) is 10.6 Å². The number of hydrogen-bond donors (Lipinski definition) is 3. The summed E-state index contributed by atoms with van der Waals surface area (Å²) in [6.07, 6.45) is 0.657. The van der Waals surface area contributed by atoms with Crippen LogP contribution >= 0.6 is 0 Å². The number of amides is 2. The van der Waals surface area contributed by atoms with Crippen LogP contribution in [0.3, 0.4) is 0 Å². The quantitative estimate of drug-likeness (QED) is 0.593. The average Bonchev–Trinajstić information content (AvgIpc) is 2.24. The van der Waals surface area contributed by atoms with Gasteiger partial charge in [-0.3, -0.25) is 9.59 Å². The van der Waals surface area contributed by atoms with Gasteiger partial charge in [0.25, 0.3) is 0 Å². The minimum atomic E-state index is -1.06. The van der Waals surface area contributed by atoms with Gasteiger partial charge in [0, 0.05) is 6.42 Å². The van der Waals surface area contributed by atoms with Gasteiger partial charge in [0.15, 0.2) is 0 Å². The first kappa shape index (κ1) is 15.4. The predicted molar refractivity (Wildman–Crippen MR) is 62.3 cm³/mol. The molecule has 0 unspecified atom stereocenters. The molecule has 0 saturated carbocycles. The van der Waals surface area contributed by atoms with E-state index in [-0.39, 0.29) is 18.4 Å². The number of aliphatic carboxylic acids is 1. The first-order chi connectivity index (χ1) is 7.86. The van der Waals surface area contributed by atoms with Gasteiger partial charge in [-0.25, -0.2) is 4.79 Å². The maximum absolute atomic E-state index is 11.4. The van der Waals surface area contributed by atoms with Crippen molar-refractivity contribution in [1.82, 2.24) is 10.6 Å². The monoisotopic (exact) mass is 244 g/mol. The second-order valence-electron chi connectivity index (χ2n) is 4.22. The summed E-state index contributed by atoms with van der Waals surface area (Å²) in [6.45, 7) is 5.24. The highest BCUT2D eigenvalue weighted by molar-refractivity contribution is 5.87. The van der Waals surface area contributed by atoms with Crippen molar-refractivity contribution in [1.29, 1.82) is 0 Å². The first-order valence-corrected chi connectivity index (χ1v) is 5.65. The summed E-state index contributed by atoms with van der Waals surface area (Å²) in [6, 6.07) is -0.902. The zero-order chi connectivity index (χ0) is 13.4. The molecule has 0 aliphatic heterocycles. The number of carboxylic acids is 1. The molecule has 0 aliphatic rings. The fraction of sp³-hybridized carbons (Fsp3) is 0.727. The molecule has 0 aromatic heterocycles. The van der Waals surface area contributed by atoms with Crippen molar-refractivity contribution in [2.24, 2.45) is 5.92 Å². The lowest BCUT2D eigenvalue weighted by Crippen LogP contribution is -2.46. The van der Waals surface area contributed by atoms with Gasteiger partial charge in [-0.15, -0.1) is 0 Å². The Balaban J connectivity index is 4.13. The summed E-state index contributed by atoms with van der Waals surface area (Å²) >= 11 is 0. The maximum atomic E-state index is 11.4. The molecule has 0 aliphatic carbocycles. The lowest BCUT2D eigenvalue weighted by Gasteiger charge is -2.16. The summed E-state index contributed by atoms with van der Waals surface area (Å²) in [7, 11) is 0. The van der Waals surface area contributed by atoms with Crippen molar-refractivity contribution in [3.05, 3.63) is 0 Å². The standard InChI is InChI=1S/C11H20N2O4/c1-4-9(14)12-6-10(15)13-8(11(16)17)5-7(2)3/h7-8H,4-6H2,1-3H3,(H,12,14)(H,13,15)(H,16,17)/t8-/m0/s1. The van der Waals surface area contributed by atoms with Gasteiger partial charge in [-0.1, -0.05) is 20.8 Å². The fourth-order valence-corrected chi connectivity index (χ4v) is 1.24. The third-order valence-corrected chi connectivity index (χ3v) is 2.11. The van der Waals surface area contributed by atoms with E-state index >= 15 is 0 Å². The zero-order valence-electron chi connectivity index (χ0n) is 10.4. The molecule has 0 fully saturated rings. The van der Waals surface area contributed by atoms with Crippen molar-refractivity contribution in [3.63, 3.8) is 0 Å². The highest BCUT2D eigenvalue weighted by atomic mass is 16.4. The number of rotatable bonds is 7. The molecule has 0 aromatic rings. The number of nitrogens with one attached hydrogen (secondary N) is 2. The van der Waals surface area contributed by atoms with Crippen LogP contribution in [0.25, 0.3) is 0 Å². The first-order valence-electron chi connectivity index (χ1n) is 5.65. The fourth-order valence-electron chi connectivity index (χ4n) is 1.24. The lowest BCUT2D eigenvalue weighted by molar-refractivity contribution is -0.142. The molecule has 0 spiro atoms. The molecule has 1 atom stereocenters. The smallest absolute Gasteiger partial charge is 0.326 e. The highest BCUT2D eigenvalue weighted by Gasteiger charge is 2.20. The number of carbonyl (C=O) groups is 3. The molecular weight excluding hydrogens is 224 g/mol. The average molecular weight is 244 g/mol. The molecule has 17 heavy (non-hydrogen) atoms. The second kappa shape index (κ2) is 7.65. The van der Waals surface area contributed by atoms with Crippen LogP contribution in [0.1, 0.15) is 33.6 Å². The van der Waals surface area contributed by atoms with Gasteiger partial charge in [0.1, 0.15) is 6.04 Å². The molecule has 0 rings (SSSR count). The highest BCUT2D eigenvalue weighted by Crippen LogP contribution is 2.04. The van der Waals surface area contributed by atoms with E-state index < -0.39 is 17.9 Å². The van der Waals surface area contributed by atoms with Gasteiger partial charge in [-0.05, 0) is 12.3 Å². The van der Waals surface area contributed by atoms with Crippen LogP contribution in [0.5, 0.6) is 0 Å². The molecule has 0 bridgehead atoms.